The Morgan fingerprint density at radius 1 is 0.905 bits per heavy atom. The summed E-state index contributed by atoms with van der Waals surface area (Å²) in [5.74, 6) is 0. The second-order valence-corrected chi connectivity index (χ2v) is 7.36. The van der Waals surface area contributed by atoms with Gasteiger partial charge in [0.2, 0.25) is 0 Å². The van der Waals surface area contributed by atoms with Crippen LogP contribution < -0.4 is 5.32 Å². The van der Waals surface area contributed by atoms with Gasteiger partial charge in [0, 0.05) is 6.54 Å². The Labute approximate surface area is 153 Å². The van der Waals surface area contributed by atoms with Crippen LogP contribution in [-0.4, -0.2) is 61.4 Å². The van der Waals surface area contributed by atoms with Crippen LogP contribution in [-0.2, 0) is 10.1 Å². The molecule has 1 atom stereocenters. The van der Waals surface area contributed by atoms with Crippen molar-refractivity contribution in [1.29, 1.82) is 0 Å². The van der Waals surface area contributed by atoms with Gasteiger partial charge in [-0.3, -0.25) is 4.55 Å². The molecule has 0 saturated heterocycles. The Hall–Kier alpha value is 0.870. The molecular formula is C15H34NNaO3S. The fourth-order valence-corrected chi connectivity index (χ4v) is 3.29. The molecule has 0 aliphatic carbocycles. The summed E-state index contributed by atoms with van der Waals surface area (Å²) >= 11 is 0. The molecule has 0 aliphatic heterocycles. The summed E-state index contributed by atoms with van der Waals surface area (Å²) in [6.45, 7) is 2.56. The van der Waals surface area contributed by atoms with Gasteiger partial charge in [0.05, 0.1) is 5.25 Å². The average Bonchev–Trinajstić information content (AvgIpc) is 2.38. The van der Waals surface area contributed by atoms with Crippen LogP contribution in [0.5, 0.6) is 0 Å². The monoisotopic (exact) mass is 331 g/mol. The maximum atomic E-state index is 11.1. The summed E-state index contributed by atoms with van der Waals surface area (Å²) in [5.41, 5.74) is 0. The van der Waals surface area contributed by atoms with E-state index in [1.807, 2.05) is 0 Å². The van der Waals surface area contributed by atoms with Gasteiger partial charge in [0.25, 0.3) is 10.1 Å². The van der Waals surface area contributed by atoms with E-state index >= 15 is 0 Å². The number of rotatable bonds is 14. The zero-order chi connectivity index (χ0) is 15.3. The molecular weight excluding hydrogens is 297 g/mol. The standard InChI is InChI=1S/C15H33NO3S.Na.H/c1-3-4-5-6-7-8-9-10-11-12-13-15(14-16-2)20(17,18)19;;/h15-16H,3-14H2,1-2H3,(H,17,18,19);;. The molecule has 1 unspecified atom stereocenters. The Morgan fingerprint density at radius 3 is 1.71 bits per heavy atom. The Bertz CT molecular complexity index is 310. The second kappa shape index (κ2) is 15.8. The fourth-order valence-electron chi connectivity index (χ4n) is 2.44. The molecule has 2 N–H and O–H groups in total. The molecule has 0 amide bonds. The predicted octanol–water partition coefficient (Wildman–Crippen LogP) is 3.12. The van der Waals surface area contributed by atoms with Crippen molar-refractivity contribution >= 4 is 39.7 Å². The van der Waals surface area contributed by atoms with E-state index in [0.717, 1.165) is 12.8 Å². The van der Waals surface area contributed by atoms with Gasteiger partial charge < -0.3 is 5.32 Å². The van der Waals surface area contributed by atoms with Gasteiger partial charge in [-0.05, 0) is 13.5 Å². The third-order valence-corrected chi connectivity index (χ3v) is 4.98. The van der Waals surface area contributed by atoms with E-state index in [2.05, 4.69) is 12.2 Å². The van der Waals surface area contributed by atoms with E-state index < -0.39 is 15.4 Å². The topological polar surface area (TPSA) is 66.4 Å². The molecule has 0 aromatic rings. The molecule has 0 rings (SSSR count). The summed E-state index contributed by atoms with van der Waals surface area (Å²) < 4.78 is 31.3. The van der Waals surface area contributed by atoms with Crippen molar-refractivity contribution in [3.63, 3.8) is 0 Å². The molecule has 0 aromatic heterocycles. The van der Waals surface area contributed by atoms with Gasteiger partial charge in [0.1, 0.15) is 0 Å². The zero-order valence-corrected chi connectivity index (χ0v) is 14.1. The number of hydrogen-bond acceptors (Lipinski definition) is 3. The minimum atomic E-state index is -3.90. The first kappa shape index (κ1) is 24.1. The molecule has 6 heteroatoms. The van der Waals surface area contributed by atoms with Gasteiger partial charge in [-0.2, -0.15) is 8.42 Å². The van der Waals surface area contributed by atoms with E-state index in [0.29, 0.717) is 13.0 Å². The van der Waals surface area contributed by atoms with E-state index in [9.17, 15) is 8.42 Å². The summed E-state index contributed by atoms with van der Waals surface area (Å²) in [7, 11) is -2.19. The summed E-state index contributed by atoms with van der Waals surface area (Å²) in [5, 5.41) is 2.17. The first-order valence-corrected chi connectivity index (χ1v) is 9.63. The van der Waals surface area contributed by atoms with Gasteiger partial charge >= 0.3 is 29.6 Å². The molecule has 0 aromatic carbocycles. The summed E-state index contributed by atoms with van der Waals surface area (Å²) in [4.78, 5) is 0. The normalized spacial score (nSPS) is 12.9. The van der Waals surface area contributed by atoms with Crippen LogP contribution in [0.4, 0.5) is 0 Å². The first-order valence-electron chi connectivity index (χ1n) is 8.13. The molecule has 4 nitrogen and oxygen atoms in total. The Kier molecular flexibility index (Phi) is 18.1. The number of unbranched alkanes of at least 4 members (excludes halogenated alkanes) is 9. The average molecular weight is 331 g/mol. The van der Waals surface area contributed by atoms with Gasteiger partial charge in [-0.25, -0.2) is 0 Å². The first-order chi connectivity index (χ1) is 9.52. The van der Waals surface area contributed by atoms with Crippen LogP contribution in [0.2, 0.25) is 0 Å². The van der Waals surface area contributed by atoms with E-state index in [-0.39, 0.29) is 29.6 Å². The van der Waals surface area contributed by atoms with Crippen molar-refractivity contribution in [2.45, 2.75) is 82.8 Å². The van der Waals surface area contributed by atoms with Crippen molar-refractivity contribution in [2.75, 3.05) is 13.6 Å². The zero-order valence-electron chi connectivity index (χ0n) is 13.2. The van der Waals surface area contributed by atoms with Crippen molar-refractivity contribution < 1.29 is 13.0 Å². The van der Waals surface area contributed by atoms with Gasteiger partial charge in [-0.15, -0.1) is 0 Å². The molecule has 0 heterocycles. The van der Waals surface area contributed by atoms with E-state index in [1.165, 1.54) is 51.4 Å². The van der Waals surface area contributed by atoms with Crippen molar-refractivity contribution in [3.8, 4) is 0 Å². The molecule has 0 bridgehead atoms. The molecule has 21 heavy (non-hydrogen) atoms. The van der Waals surface area contributed by atoms with E-state index in [1.54, 1.807) is 7.05 Å². The molecule has 0 radical (unpaired) electrons. The maximum absolute atomic E-state index is 11.1. The van der Waals surface area contributed by atoms with Crippen LogP contribution in [0.25, 0.3) is 0 Å². The summed E-state index contributed by atoms with van der Waals surface area (Å²) in [6, 6.07) is 0. The Balaban J connectivity index is 0. The minimum absolute atomic E-state index is 0. The molecule has 0 aliphatic rings. The fraction of sp³-hybridized carbons (Fsp3) is 1.00. The van der Waals surface area contributed by atoms with E-state index in [4.69, 9.17) is 4.55 Å². The van der Waals surface area contributed by atoms with Crippen molar-refractivity contribution in [2.24, 2.45) is 0 Å². The van der Waals surface area contributed by atoms with Gasteiger partial charge in [0.15, 0.2) is 0 Å². The predicted molar refractivity (Wildman–Crippen MR) is 92.9 cm³/mol. The Morgan fingerprint density at radius 2 is 1.33 bits per heavy atom. The van der Waals surface area contributed by atoms with Crippen molar-refractivity contribution in [1.82, 2.24) is 5.32 Å². The van der Waals surface area contributed by atoms with Crippen LogP contribution >= 0.6 is 0 Å². The van der Waals surface area contributed by atoms with Crippen LogP contribution in [0.1, 0.15) is 77.6 Å². The molecule has 124 valence electrons. The number of nitrogens with one attached hydrogen (secondary N) is 1. The van der Waals surface area contributed by atoms with Crippen LogP contribution in [0.3, 0.4) is 0 Å². The third-order valence-electron chi connectivity index (χ3n) is 3.73. The number of hydrogen-bond donors (Lipinski definition) is 2. The van der Waals surface area contributed by atoms with Crippen LogP contribution in [0.15, 0.2) is 0 Å². The second-order valence-electron chi connectivity index (χ2n) is 5.67. The SMILES string of the molecule is CCCCCCCCCCCCC(CNC)S(=O)(=O)O.[NaH]. The van der Waals surface area contributed by atoms with Crippen LogP contribution in [0, 0.1) is 0 Å². The van der Waals surface area contributed by atoms with Crippen molar-refractivity contribution in [3.05, 3.63) is 0 Å². The molecule has 0 saturated carbocycles. The van der Waals surface area contributed by atoms with Gasteiger partial charge in [-0.1, -0.05) is 71.1 Å². The molecule has 0 fully saturated rings. The summed E-state index contributed by atoms with van der Waals surface area (Å²) in [6.07, 6.45) is 12.9. The third kappa shape index (κ3) is 15.5. The molecule has 0 spiro atoms. The quantitative estimate of drug-likeness (QED) is 0.291.